The molecule has 0 spiro atoms. The number of furan rings is 1. The highest BCUT2D eigenvalue weighted by Gasteiger charge is 2.43. The van der Waals surface area contributed by atoms with E-state index in [1.807, 2.05) is 18.2 Å². The van der Waals surface area contributed by atoms with Gasteiger partial charge in [0.25, 0.3) is 0 Å². The molecule has 0 amide bonds. The molecule has 1 aromatic carbocycles. The first-order chi connectivity index (χ1) is 7.74. The highest BCUT2D eigenvalue weighted by Crippen LogP contribution is 2.48. The lowest BCUT2D eigenvalue weighted by atomic mass is 9.99. The smallest absolute Gasteiger partial charge is 0.134 e. The molecule has 0 unspecified atom stereocenters. The van der Waals surface area contributed by atoms with Crippen LogP contribution < -0.4 is 0 Å². The van der Waals surface area contributed by atoms with Crippen LogP contribution in [0.25, 0.3) is 11.0 Å². The Morgan fingerprint density at radius 3 is 2.69 bits per heavy atom. The van der Waals surface area contributed by atoms with Crippen LogP contribution in [0.15, 0.2) is 28.7 Å². The molecule has 0 radical (unpaired) electrons. The molecule has 84 valence electrons. The van der Waals surface area contributed by atoms with Gasteiger partial charge in [-0.15, -0.1) is 0 Å². The Labute approximate surface area is 94.9 Å². The van der Waals surface area contributed by atoms with E-state index in [1.54, 1.807) is 0 Å². The van der Waals surface area contributed by atoms with E-state index < -0.39 is 0 Å². The summed E-state index contributed by atoms with van der Waals surface area (Å²) in [6.07, 6.45) is 3.13. The largest absolute Gasteiger partial charge is 0.461 e. The van der Waals surface area contributed by atoms with Crippen molar-refractivity contribution >= 4 is 11.0 Å². The fraction of sp³-hybridized carbons (Fsp3) is 0.429. The summed E-state index contributed by atoms with van der Waals surface area (Å²) in [6.45, 7) is 2.39. The van der Waals surface area contributed by atoms with Gasteiger partial charge in [-0.2, -0.15) is 0 Å². The van der Waals surface area contributed by atoms with E-state index in [1.165, 1.54) is 10.9 Å². The van der Waals surface area contributed by atoms with Gasteiger partial charge < -0.3 is 9.52 Å². The minimum Gasteiger partial charge on any atom is -0.461 e. The van der Waals surface area contributed by atoms with Crippen LogP contribution in [0, 0.1) is 12.3 Å². The Hall–Kier alpha value is -1.28. The average Bonchev–Trinajstić information content (AvgIpc) is 3.02. The van der Waals surface area contributed by atoms with Gasteiger partial charge in [-0.1, -0.05) is 18.2 Å². The summed E-state index contributed by atoms with van der Waals surface area (Å²) in [7, 11) is 0. The predicted octanol–water partition coefficient (Wildman–Crippen LogP) is 3.06. The second-order valence-electron chi connectivity index (χ2n) is 4.98. The monoisotopic (exact) mass is 216 g/mol. The standard InChI is InChI=1S/C14H16O2/c1-10-11-4-2-3-5-12(11)16-13(10)8-14(9-15)6-7-14/h2-5,15H,6-9H2,1H3. The number of fused-ring (bicyclic) bond motifs is 1. The van der Waals surface area contributed by atoms with Crippen LogP contribution in [0.4, 0.5) is 0 Å². The average molecular weight is 216 g/mol. The number of benzene rings is 1. The number of aryl methyl sites for hydroxylation is 1. The number of aliphatic hydroxyl groups excluding tert-OH is 1. The van der Waals surface area contributed by atoms with Crippen molar-refractivity contribution in [1.82, 2.24) is 0 Å². The van der Waals surface area contributed by atoms with Crippen molar-refractivity contribution in [2.45, 2.75) is 26.2 Å². The Morgan fingerprint density at radius 1 is 1.31 bits per heavy atom. The summed E-state index contributed by atoms with van der Waals surface area (Å²) in [5, 5.41) is 10.5. The molecule has 1 aliphatic carbocycles. The third-order valence-electron chi connectivity index (χ3n) is 3.77. The second kappa shape index (κ2) is 3.36. The molecule has 1 N–H and O–H groups in total. The molecular formula is C14H16O2. The van der Waals surface area contributed by atoms with Gasteiger partial charge in [0.2, 0.25) is 0 Å². The third kappa shape index (κ3) is 1.45. The van der Waals surface area contributed by atoms with Gasteiger partial charge in [0, 0.05) is 23.8 Å². The molecule has 0 aliphatic heterocycles. The molecule has 0 saturated heterocycles. The van der Waals surface area contributed by atoms with Crippen LogP contribution in [-0.4, -0.2) is 11.7 Å². The van der Waals surface area contributed by atoms with E-state index in [0.717, 1.165) is 30.6 Å². The Morgan fingerprint density at radius 2 is 2.06 bits per heavy atom. The van der Waals surface area contributed by atoms with Gasteiger partial charge in [-0.05, 0) is 31.4 Å². The van der Waals surface area contributed by atoms with E-state index >= 15 is 0 Å². The van der Waals surface area contributed by atoms with E-state index in [2.05, 4.69) is 13.0 Å². The van der Waals surface area contributed by atoms with E-state index in [4.69, 9.17) is 4.42 Å². The van der Waals surface area contributed by atoms with Crippen molar-refractivity contribution in [3.05, 3.63) is 35.6 Å². The molecule has 2 nitrogen and oxygen atoms in total. The van der Waals surface area contributed by atoms with Crippen molar-refractivity contribution in [3.63, 3.8) is 0 Å². The number of hydrogen-bond acceptors (Lipinski definition) is 2. The van der Waals surface area contributed by atoms with Gasteiger partial charge in [-0.3, -0.25) is 0 Å². The zero-order valence-electron chi connectivity index (χ0n) is 9.49. The lowest BCUT2D eigenvalue weighted by Gasteiger charge is -2.09. The Bertz CT molecular complexity index is 521. The molecule has 3 rings (SSSR count). The van der Waals surface area contributed by atoms with E-state index in [0.29, 0.717) is 0 Å². The first kappa shape index (κ1) is 9.91. The molecule has 1 heterocycles. The normalized spacial score (nSPS) is 17.9. The van der Waals surface area contributed by atoms with Crippen molar-refractivity contribution in [3.8, 4) is 0 Å². The van der Waals surface area contributed by atoms with E-state index in [-0.39, 0.29) is 12.0 Å². The third-order valence-corrected chi connectivity index (χ3v) is 3.77. The molecule has 1 saturated carbocycles. The molecule has 0 atom stereocenters. The maximum Gasteiger partial charge on any atom is 0.134 e. The molecule has 1 fully saturated rings. The van der Waals surface area contributed by atoms with Crippen LogP contribution in [-0.2, 0) is 6.42 Å². The topological polar surface area (TPSA) is 33.4 Å². The molecule has 16 heavy (non-hydrogen) atoms. The summed E-state index contributed by atoms with van der Waals surface area (Å²) in [5.74, 6) is 1.05. The SMILES string of the molecule is Cc1c(CC2(CO)CC2)oc2ccccc12. The molecule has 1 aliphatic rings. The number of hydrogen-bond donors (Lipinski definition) is 1. The Kier molecular flexibility index (Phi) is 2.08. The van der Waals surface area contributed by atoms with Crippen LogP contribution in [0.2, 0.25) is 0 Å². The van der Waals surface area contributed by atoms with Crippen molar-refractivity contribution in [2.24, 2.45) is 5.41 Å². The van der Waals surface area contributed by atoms with E-state index in [9.17, 15) is 5.11 Å². The van der Waals surface area contributed by atoms with Crippen molar-refractivity contribution in [2.75, 3.05) is 6.61 Å². The summed E-state index contributed by atoms with van der Waals surface area (Å²) in [4.78, 5) is 0. The molecule has 2 heteroatoms. The lowest BCUT2D eigenvalue weighted by Crippen LogP contribution is -2.10. The fourth-order valence-electron chi connectivity index (χ4n) is 2.30. The van der Waals surface area contributed by atoms with Crippen LogP contribution in [0.3, 0.4) is 0 Å². The molecular weight excluding hydrogens is 200 g/mol. The van der Waals surface area contributed by atoms with Crippen molar-refractivity contribution < 1.29 is 9.52 Å². The van der Waals surface area contributed by atoms with Gasteiger partial charge >= 0.3 is 0 Å². The first-order valence-electron chi connectivity index (χ1n) is 5.82. The number of aliphatic hydroxyl groups is 1. The summed E-state index contributed by atoms with van der Waals surface area (Å²) < 4.78 is 5.87. The van der Waals surface area contributed by atoms with Gasteiger partial charge in [0.15, 0.2) is 0 Å². The zero-order chi connectivity index (χ0) is 11.2. The van der Waals surface area contributed by atoms with Crippen molar-refractivity contribution in [1.29, 1.82) is 0 Å². The van der Waals surface area contributed by atoms with Crippen LogP contribution in [0.1, 0.15) is 24.2 Å². The fourth-order valence-corrected chi connectivity index (χ4v) is 2.30. The summed E-state index contributed by atoms with van der Waals surface area (Å²) in [6, 6.07) is 8.13. The second-order valence-corrected chi connectivity index (χ2v) is 4.98. The maximum atomic E-state index is 9.34. The Balaban J connectivity index is 2.01. The zero-order valence-corrected chi connectivity index (χ0v) is 9.49. The number of para-hydroxylation sites is 1. The minimum atomic E-state index is 0.124. The summed E-state index contributed by atoms with van der Waals surface area (Å²) in [5.41, 5.74) is 2.32. The van der Waals surface area contributed by atoms with Crippen LogP contribution in [0.5, 0.6) is 0 Å². The van der Waals surface area contributed by atoms with Gasteiger partial charge in [-0.25, -0.2) is 0 Å². The molecule has 2 aromatic rings. The van der Waals surface area contributed by atoms with Crippen LogP contribution >= 0.6 is 0 Å². The summed E-state index contributed by atoms with van der Waals surface area (Å²) >= 11 is 0. The minimum absolute atomic E-state index is 0.124. The first-order valence-corrected chi connectivity index (χ1v) is 5.82. The molecule has 0 bridgehead atoms. The highest BCUT2D eigenvalue weighted by molar-refractivity contribution is 5.81. The van der Waals surface area contributed by atoms with Gasteiger partial charge in [0.1, 0.15) is 11.3 Å². The van der Waals surface area contributed by atoms with Gasteiger partial charge in [0.05, 0.1) is 0 Å². The maximum absolute atomic E-state index is 9.34. The predicted molar refractivity (Wildman–Crippen MR) is 63.4 cm³/mol. The molecule has 1 aromatic heterocycles. The highest BCUT2D eigenvalue weighted by atomic mass is 16.3. The number of rotatable bonds is 3. The quantitative estimate of drug-likeness (QED) is 0.855. The lowest BCUT2D eigenvalue weighted by molar-refractivity contribution is 0.205.